The van der Waals surface area contributed by atoms with Crippen molar-refractivity contribution in [1.82, 2.24) is 4.98 Å². The largest absolute Gasteiger partial charge is 0.488 e. The standard InChI is InChI=1S/C27H28N2O4.C4H10S.C2H6.H2/c1-4-31-25(30)14-21-6-5-17(2)18(3)26(21)33-16-19-11-22-8-10-32-27(22)24(12-19)20-7-9-29-23(13-20)15-28;1-4(2,3)5;1-2;/h5-13H,4,14-16,28H2,1-3H3;5H,1-3H3;1-2H3;1H. The number of benzene rings is 2. The molecule has 2 N–H and O–H groups in total. The summed E-state index contributed by atoms with van der Waals surface area (Å²) in [5.41, 5.74) is 13.3. The minimum absolute atomic E-state index is 0. The molecule has 6 nitrogen and oxygen atoms in total. The van der Waals surface area contributed by atoms with Crippen LogP contribution in [-0.2, 0) is 29.1 Å². The third kappa shape index (κ3) is 9.72. The predicted molar refractivity (Wildman–Crippen MR) is 170 cm³/mol. The number of aromatic nitrogens is 1. The molecule has 0 fully saturated rings. The van der Waals surface area contributed by atoms with Crippen LogP contribution < -0.4 is 10.5 Å². The van der Waals surface area contributed by atoms with Crippen LogP contribution in [0.15, 0.2) is 59.3 Å². The first-order valence-corrected chi connectivity index (χ1v) is 14.2. The van der Waals surface area contributed by atoms with E-state index in [0.717, 1.165) is 55.8 Å². The lowest BCUT2D eigenvalue weighted by Crippen LogP contribution is -2.10. The van der Waals surface area contributed by atoms with E-state index in [9.17, 15) is 4.79 Å². The molecule has 0 aliphatic carbocycles. The zero-order valence-electron chi connectivity index (χ0n) is 25.1. The SMILES string of the molecule is CC.CC(C)(C)S.CCOC(=O)Cc1ccc(C)c(C)c1OCc1cc(-c2ccnc(CN)c2)c2occc2c1.[HH]. The van der Waals surface area contributed by atoms with Crippen LogP contribution in [0.2, 0.25) is 0 Å². The first kappa shape index (κ1) is 32.9. The number of pyridine rings is 1. The molecule has 0 atom stereocenters. The highest BCUT2D eigenvalue weighted by Crippen LogP contribution is 2.33. The number of hydrogen-bond acceptors (Lipinski definition) is 7. The maximum atomic E-state index is 12.1. The Balaban J connectivity index is 0.000000951. The number of carbonyl (C=O) groups is 1. The van der Waals surface area contributed by atoms with Gasteiger partial charge in [-0.05, 0) is 73.4 Å². The Morgan fingerprint density at radius 3 is 2.45 bits per heavy atom. The van der Waals surface area contributed by atoms with Gasteiger partial charge in [-0.15, -0.1) is 0 Å². The molecular formula is C33H46N2O4S. The molecule has 2 aromatic carbocycles. The Hall–Kier alpha value is -3.29. The highest BCUT2D eigenvalue weighted by atomic mass is 32.1. The molecule has 4 rings (SSSR count). The second kappa shape index (κ2) is 15.5. The summed E-state index contributed by atoms with van der Waals surface area (Å²) >= 11 is 4.12. The fourth-order valence-electron chi connectivity index (χ4n) is 3.91. The predicted octanol–water partition coefficient (Wildman–Crippen LogP) is 8.24. The van der Waals surface area contributed by atoms with E-state index in [-0.39, 0.29) is 18.6 Å². The van der Waals surface area contributed by atoms with Gasteiger partial charge in [-0.2, -0.15) is 12.6 Å². The van der Waals surface area contributed by atoms with Gasteiger partial charge >= 0.3 is 5.97 Å². The number of aryl methyl sites for hydroxylation is 1. The number of rotatable bonds is 8. The van der Waals surface area contributed by atoms with Gasteiger partial charge in [-0.3, -0.25) is 9.78 Å². The summed E-state index contributed by atoms with van der Waals surface area (Å²) < 4.78 is 17.4. The first-order valence-electron chi connectivity index (χ1n) is 13.8. The van der Waals surface area contributed by atoms with Gasteiger partial charge in [0.1, 0.15) is 17.9 Å². The topological polar surface area (TPSA) is 87.6 Å². The molecule has 0 bridgehead atoms. The monoisotopic (exact) mass is 566 g/mol. The maximum absolute atomic E-state index is 12.1. The number of nitrogens with zero attached hydrogens (tertiary/aromatic N) is 1. The molecule has 2 aromatic heterocycles. The van der Waals surface area contributed by atoms with Crippen LogP contribution in [0.1, 0.15) is 70.9 Å². The summed E-state index contributed by atoms with van der Waals surface area (Å²) in [7, 11) is 0. The van der Waals surface area contributed by atoms with Crippen molar-refractivity contribution in [2.75, 3.05) is 6.61 Å². The van der Waals surface area contributed by atoms with E-state index >= 15 is 0 Å². The summed E-state index contributed by atoms with van der Waals surface area (Å²) in [5.74, 6) is 0.465. The van der Waals surface area contributed by atoms with Crippen molar-refractivity contribution >= 4 is 29.6 Å². The van der Waals surface area contributed by atoms with Gasteiger partial charge in [0.25, 0.3) is 0 Å². The Labute approximate surface area is 246 Å². The fourth-order valence-corrected chi connectivity index (χ4v) is 3.91. The normalized spacial score (nSPS) is 10.8. The number of furan rings is 1. The molecular weight excluding hydrogens is 520 g/mol. The minimum atomic E-state index is -0.263. The third-order valence-corrected chi connectivity index (χ3v) is 5.73. The van der Waals surface area contributed by atoms with E-state index in [1.165, 1.54) is 0 Å². The van der Waals surface area contributed by atoms with E-state index in [2.05, 4.69) is 50.5 Å². The summed E-state index contributed by atoms with van der Waals surface area (Å²) in [6, 6.07) is 13.9. The second-order valence-electron chi connectivity index (χ2n) is 10.2. The average molecular weight is 567 g/mol. The van der Waals surface area contributed by atoms with Crippen LogP contribution in [0.3, 0.4) is 0 Å². The number of fused-ring (bicyclic) bond motifs is 1. The van der Waals surface area contributed by atoms with Crippen molar-refractivity contribution in [3.05, 3.63) is 82.9 Å². The Kier molecular flexibility index (Phi) is 12.7. The summed E-state index contributed by atoms with van der Waals surface area (Å²) in [5, 5.41) is 0.991. The Bertz CT molecular complexity index is 1390. The van der Waals surface area contributed by atoms with E-state index in [1.807, 2.05) is 58.0 Å². The first-order chi connectivity index (χ1) is 19.0. The van der Waals surface area contributed by atoms with Crippen LogP contribution in [0.25, 0.3) is 22.1 Å². The molecule has 0 spiro atoms. The lowest BCUT2D eigenvalue weighted by atomic mass is 10.0. The molecule has 0 radical (unpaired) electrons. The number of esters is 1. The van der Waals surface area contributed by atoms with Crippen molar-refractivity contribution in [1.29, 1.82) is 0 Å². The number of thiol groups is 1. The van der Waals surface area contributed by atoms with E-state index < -0.39 is 0 Å². The molecule has 40 heavy (non-hydrogen) atoms. The Morgan fingerprint density at radius 2 is 1.80 bits per heavy atom. The van der Waals surface area contributed by atoms with Crippen molar-refractivity contribution in [2.45, 2.75) is 79.7 Å². The van der Waals surface area contributed by atoms with Crippen LogP contribution in [-0.4, -0.2) is 22.3 Å². The van der Waals surface area contributed by atoms with E-state index in [4.69, 9.17) is 19.6 Å². The fraction of sp³-hybridized carbons (Fsp3) is 0.394. The number of carbonyl (C=O) groups excluding carboxylic acids is 1. The average Bonchev–Trinajstić information content (AvgIpc) is 3.39. The van der Waals surface area contributed by atoms with Crippen LogP contribution in [0.5, 0.6) is 5.75 Å². The molecule has 2 heterocycles. The zero-order chi connectivity index (χ0) is 29.9. The van der Waals surface area contributed by atoms with Gasteiger partial charge in [0.15, 0.2) is 0 Å². The summed E-state index contributed by atoms with van der Waals surface area (Å²) in [6.07, 6.45) is 3.62. The number of ether oxygens (including phenoxy) is 2. The number of hydrogen-bond donors (Lipinski definition) is 2. The lowest BCUT2D eigenvalue weighted by molar-refractivity contribution is -0.142. The summed E-state index contributed by atoms with van der Waals surface area (Å²) in [4.78, 5) is 16.4. The zero-order valence-corrected chi connectivity index (χ0v) is 26.0. The molecule has 0 aliphatic rings. The molecule has 4 aromatic rings. The van der Waals surface area contributed by atoms with Gasteiger partial charge in [0.05, 0.1) is 25.0 Å². The molecule has 0 aliphatic heterocycles. The van der Waals surface area contributed by atoms with E-state index in [0.29, 0.717) is 19.8 Å². The van der Waals surface area contributed by atoms with Crippen molar-refractivity contribution in [3.8, 4) is 16.9 Å². The minimum Gasteiger partial charge on any atom is -0.488 e. The lowest BCUT2D eigenvalue weighted by Gasteiger charge is -2.16. The van der Waals surface area contributed by atoms with Crippen LogP contribution >= 0.6 is 12.6 Å². The van der Waals surface area contributed by atoms with Crippen LogP contribution in [0.4, 0.5) is 0 Å². The van der Waals surface area contributed by atoms with E-state index in [1.54, 1.807) is 19.4 Å². The van der Waals surface area contributed by atoms with Gasteiger partial charge in [0, 0.05) is 35.4 Å². The van der Waals surface area contributed by atoms with Gasteiger partial charge in [-0.1, -0.05) is 46.8 Å². The highest BCUT2D eigenvalue weighted by molar-refractivity contribution is 7.81. The third-order valence-electron chi connectivity index (χ3n) is 5.73. The quantitative estimate of drug-likeness (QED) is 0.165. The van der Waals surface area contributed by atoms with Gasteiger partial charge in [-0.25, -0.2) is 0 Å². The molecule has 7 heteroatoms. The van der Waals surface area contributed by atoms with Crippen molar-refractivity contribution in [2.24, 2.45) is 5.73 Å². The Morgan fingerprint density at radius 1 is 1.10 bits per heavy atom. The molecule has 0 amide bonds. The molecule has 218 valence electrons. The molecule has 0 saturated carbocycles. The summed E-state index contributed by atoms with van der Waals surface area (Å²) in [6.45, 7) is 17.1. The highest BCUT2D eigenvalue weighted by Gasteiger charge is 2.16. The van der Waals surface area contributed by atoms with Crippen LogP contribution in [0, 0.1) is 13.8 Å². The van der Waals surface area contributed by atoms with Crippen molar-refractivity contribution < 1.29 is 20.1 Å². The van der Waals surface area contributed by atoms with Gasteiger partial charge in [0.2, 0.25) is 0 Å². The van der Waals surface area contributed by atoms with Crippen molar-refractivity contribution in [3.63, 3.8) is 0 Å². The van der Waals surface area contributed by atoms with Gasteiger partial charge < -0.3 is 19.6 Å². The number of nitrogens with two attached hydrogens (primary N) is 1. The smallest absolute Gasteiger partial charge is 0.310 e. The molecule has 0 unspecified atom stereocenters. The maximum Gasteiger partial charge on any atom is 0.310 e. The molecule has 0 saturated heterocycles. The second-order valence-corrected chi connectivity index (χ2v) is 11.5.